The topological polar surface area (TPSA) is 93.9 Å². The molecule has 0 aliphatic carbocycles. The monoisotopic (exact) mass is 440 g/mol. The summed E-state index contributed by atoms with van der Waals surface area (Å²) in [5.74, 6) is -0.269. The molecule has 12 heteroatoms. The van der Waals surface area contributed by atoms with E-state index < -0.39 is 21.5 Å². The number of unbranched alkanes of at least 4 members (excludes halogenated alkanes) is 2. The van der Waals surface area contributed by atoms with Crippen LogP contribution in [0.3, 0.4) is 0 Å². The number of carbonyl (C=O) groups excluding carboxylic acids is 1. The molecule has 166 valence electrons. The summed E-state index contributed by atoms with van der Waals surface area (Å²) in [6.07, 6.45) is 4.12. The molecule has 0 aromatic carbocycles. The van der Waals surface area contributed by atoms with Gasteiger partial charge in [0.2, 0.25) is 11.8 Å². The van der Waals surface area contributed by atoms with Gasteiger partial charge in [-0.05, 0) is 26.7 Å². The Morgan fingerprint density at radius 2 is 1.72 bits per heavy atom. The van der Waals surface area contributed by atoms with Gasteiger partial charge in [-0.25, -0.2) is 9.69 Å². The molecular weight excluding hydrogens is 413 g/mol. The third-order valence-electron chi connectivity index (χ3n) is 3.78. The van der Waals surface area contributed by atoms with Gasteiger partial charge in [-0.15, -0.1) is 0 Å². The van der Waals surface area contributed by atoms with E-state index in [1.807, 2.05) is 13.8 Å². The van der Waals surface area contributed by atoms with Crippen LogP contribution in [0.15, 0.2) is 11.2 Å². The number of halogens is 3. The van der Waals surface area contributed by atoms with Crippen LogP contribution in [-0.2, 0) is 21.5 Å². The second-order valence-electron chi connectivity index (χ2n) is 6.57. The zero-order valence-electron chi connectivity index (χ0n) is 17.0. The molecule has 2 heterocycles. The molecule has 2 rings (SSSR count). The van der Waals surface area contributed by atoms with E-state index in [0.717, 1.165) is 42.3 Å². The summed E-state index contributed by atoms with van der Waals surface area (Å²) in [7, 11) is -5.65. The molecule has 1 aromatic rings. The molecule has 0 fully saturated rings. The van der Waals surface area contributed by atoms with Gasteiger partial charge in [-0.2, -0.15) is 31.8 Å². The van der Waals surface area contributed by atoms with Crippen molar-refractivity contribution in [2.24, 2.45) is 5.10 Å². The number of aryl methyl sites for hydroxylation is 2. The number of rotatable bonds is 8. The Kier molecular flexibility index (Phi) is 9.12. The highest BCUT2D eigenvalue weighted by Crippen LogP contribution is 2.27. The third kappa shape index (κ3) is 7.67. The lowest BCUT2D eigenvalue weighted by Gasteiger charge is -2.10. The fourth-order valence-electron chi connectivity index (χ4n) is 2.31. The number of aromatic nitrogens is 2. The van der Waals surface area contributed by atoms with Gasteiger partial charge in [0.1, 0.15) is 0 Å². The van der Waals surface area contributed by atoms with Gasteiger partial charge >= 0.3 is 15.6 Å². The molecule has 29 heavy (non-hydrogen) atoms. The predicted octanol–water partition coefficient (Wildman–Crippen LogP) is 3.61. The maximum absolute atomic E-state index is 12.2. The van der Waals surface area contributed by atoms with Crippen LogP contribution in [0, 0.1) is 6.92 Å². The molecule has 0 unspecified atom stereocenters. The molecule has 0 radical (unpaired) electrons. The van der Waals surface area contributed by atoms with Crippen LogP contribution in [-0.4, -0.2) is 46.9 Å². The molecular formula is C17H27F3N4O4S. The fourth-order valence-corrected chi connectivity index (χ4v) is 2.76. The fraction of sp³-hybridized carbons (Fsp3) is 0.706. The summed E-state index contributed by atoms with van der Waals surface area (Å²) >= 11 is 0. The molecule has 0 bridgehead atoms. The Balaban J connectivity index is 0.000000326. The molecule has 1 amide bonds. The number of hydrazone groups is 1. The molecule has 1 aliphatic rings. The van der Waals surface area contributed by atoms with Crippen LogP contribution in [0.2, 0.25) is 0 Å². The second-order valence-corrected chi connectivity index (χ2v) is 8.10. The summed E-state index contributed by atoms with van der Waals surface area (Å²) in [4.78, 5) is 11.1. The number of hydrogen-bond acceptors (Lipinski definition) is 6. The SMILES string of the molecule is CCCCN1N=C(C)CC1=O.CCCCn1nc(C)cc1OS(=O)(=O)C(F)(F)F. The van der Waals surface area contributed by atoms with Crippen molar-refractivity contribution < 1.29 is 30.6 Å². The van der Waals surface area contributed by atoms with Crippen molar-refractivity contribution in [2.75, 3.05) is 6.54 Å². The Morgan fingerprint density at radius 1 is 1.14 bits per heavy atom. The van der Waals surface area contributed by atoms with Gasteiger partial charge in [-0.3, -0.25) is 4.79 Å². The van der Waals surface area contributed by atoms with Gasteiger partial charge in [0.15, 0.2) is 0 Å². The summed E-state index contributed by atoms with van der Waals surface area (Å²) in [5, 5.41) is 9.56. The van der Waals surface area contributed by atoms with Gasteiger partial charge in [0, 0.05) is 24.9 Å². The standard InChI is InChI=1S/C9H13F3N2O3S.C8H14N2O/c1-3-4-5-14-8(6-7(2)13-14)17-18(15,16)9(10,11)12;1-3-4-5-10-8(11)6-7(2)9-10/h6H,3-5H2,1-2H3;3-6H2,1-2H3. The Labute approximate surface area is 168 Å². The van der Waals surface area contributed by atoms with E-state index in [2.05, 4.69) is 21.3 Å². The zero-order chi connectivity index (χ0) is 22.2. The highest BCUT2D eigenvalue weighted by molar-refractivity contribution is 7.87. The minimum Gasteiger partial charge on any atom is -0.356 e. The van der Waals surface area contributed by atoms with Crippen molar-refractivity contribution >= 4 is 21.7 Å². The number of alkyl halides is 3. The van der Waals surface area contributed by atoms with Crippen LogP contribution in [0.25, 0.3) is 0 Å². The molecule has 0 atom stereocenters. The third-order valence-corrected chi connectivity index (χ3v) is 4.73. The number of nitrogens with zero attached hydrogens (tertiary/aromatic N) is 4. The van der Waals surface area contributed by atoms with E-state index in [1.165, 1.54) is 6.92 Å². The van der Waals surface area contributed by atoms with Crippen LogP contribution < -0.4 is 4.18 Å². The second kappa shape index (κ2) is 10.6. The Morgan fingerprint density at radius 3 is 2.21 bits per heavy atom. The lowest BCUT2D eigenvalue weighted by atomic mass is 10.3. The molecule has 1 aromatic heterocycles. The van der Waals surface area contributed by atoms with Crippen molar-refractivity contribution in [3.8, 4) is 5.88 Å². The van der Waals surface area contributed by atoms with Crippen LogP contribution in [0.4, 0.5) is 13.2 Å². The van der Waals surface area contributed by atoms with Gasteiger partial charge < -0.3 is 4.18 Å². The van der Waals surface area contributed by atoms with E-state index in [4.69, 9.17) is 0 Å². The maximum Gasteiger partial charge on any atom is 0.534 e. The molecule has 0 spiro atoms. The van der Waals surface area contributed by atoms with Gasteiger partial charge in [0.25, 0.3) is 0 Å². The lowest BCUT2D eigenvalue weighted by molar-refractivity contribution is -0.128. The van der Waals surface area contributed by atoms with Crippen LogP contribution in [0.5, 0.6) is 5.88 Å². The van der Waals surface area contributed by atoms with E-state index in [9.17, 15) is 26.4 Å². The predicted molar refractivity (Wildman–Crippen MR) is 102 cm³/mol. The lowest BCUT2D eigenvalue weighted by Crippen LogP contribution is -2.28. The van der Waals surface area contributed by atoms with E-state index in [0.29, 0.717) is 25.1 Å². The average molecular weight is 440 g/mol. The van der Waals surface area contributed by atoms with E-state index in [-0.39, 0.29) is 5.91 Å². The summed E-state index contributed by atoms with van der Waals surface area (Å²) in [5.41, 5.74) is -4.12. The highest BCUT2D eigenvalue weighted by atomic mass is 32.2. The number of amides is 1. The molecule has 0 N–H and O–H groups in total. The Hall–Kier alpha value is -2.11. The first-order chi connectivity index (χ1) is 13.4. The minimum absolute atomic E-state index is 0.149. The molecule has 1 aliphatic heterocycles. The van der Waals surface area contributed by atoms with E-state index >= 15 is 0 Å². The first kappa shape index (κ1) is 24.9. The molecule has 8 nitrogen and oxygen atoms in total. The quantitative estimate of drug-likeness (QED) is 0.455. The summed E-state index contributed by atoms with van der Waals surface area (Å²) in [6, 6.07) is 1.15. The van der Waals surface area contributed by atoms with Crippen molar-refractivity contribution in [1.29, 1.82) is 0 Å². The van der Waals surface area contributed by atoms with Crippen LogP contribution in [0.1, 0.15) is 58.6 Å². The molecule has 0 saturated carbocycles. The molecule has 0 saturated heterocycles. The summed E-state index contributed by atoms with van der Waals surface area (Å²) in [6.45, 7) is 8.51. The first-order valence-corrected chi connectivity index (χ1v) is 10.7. The maximum atomic E-state index is 12.2. The zero-order valence-corrected chi connectivity index (χ0v) is 17.8. The smallest absolute Gasteiger partial charge is 0.356 e. The number of carbonyl (C=O) groups is 1. The summed E-state index contributed by atoms with van der Waals surface area (Å²) < 4.78 is 63.4. The van der Waals surface area contributed by atoms with Crippen LogP contribution >= 0.6 is 0 Å². The average Bonchev–Trinajstić information content (AvgIpc) is 3.10. The highest BCUT2D eigenvalue weighted by Gasteiger charge is 2.49. The van der Waals surface area contributed by atoms with Crippen molar-refractivity contribution in [3.05, 3.63) is 11.8 Å². The van der Waals surface area contributed by atoms with Gasteiger partial charge in [-0.1, -0.05) is 26.7 Å². The van der Waals surface area contributed by atoms with Crippen molar-refractivity contribution in [1.82, 2.24) is 14.8 Å². The van der Waals surface area contributed by atoms with Gasteiger partial charge in [0.05, 0.1) is 12.1 Å². The largest absolute Gasteiger partial charge is 0.534 e. The number of hydrogen-bond donors (Lipinski definition) is 0. The van der Waals surface area contributed by atoms with E-state index in [1.54, 1.807) is 5.01 Å². The van der Waals surface area contributed by atoms with Crippen molar-refractivity contribution in [2.45, 2.75) is 71.9 Å². The normalized spacial score (nSPS) is 14.5. The first-order valence-electron chi connectivity index (χ1n) is 9.30. The minimum atomic E-state index is -5.65. The van der Waals surface area contributed by atoms with Crippen molar-refractivity contribution in [3.63, 3.8) is 0 Å². The Bertz CT molecular complexity index is 819.